The molecule has 1 heterocycles. The summed E-state index contributed by atoms with van der Waals surface area (Å²) < 4.78 is 0. The van der Waals surface area contributed by atoms with Crippen molar-refractivity contribution in [1.82, 2.24) is 15.1 Å². The predicted octanol–water partition coefficient (Wildman–Crippen LogP) is 3.08. The van der Waals surface area contributed by atoms with Crippen molar-refractivity contribution < 1.29 is 4.79 Å². The second-order valence-electron chi connectivity index (χ2n) is 6.49. The van der Waals surface area contributed by atoms with E-state index in [2.05, 4.69) is 44.8 Å². The zero-order valence-electron chi connectivity index (χ0n) is 14.0. The molecule has 0 unspecified atom stereocenters. The van der Waals surface area contributed by atoms with Crippen LogP contribution < -0.4 is 5.32 Å². The molecule has 0 aromatic heterocycles. The van der Waals surface area contributed by atoms with Gasteiger partial charge < -0.3 is 10.2 Å². The van der Waals surface area contributed by atoms with E-state index in [0.29, 0.717) is 18.1 Å². The van der Waals surface area contributed by atoms with Crippen molar-refractivity contribution in [3.05, 3.63) is 0 Å². The highest BCUT2D eigenvalue weighted by atomic mass is 16.2. The molecule has 1 aliphatic heterocycles. The lowest BCUT2D eigenvalue weighted by Crippen LogP contribution is -2.65. The Balaban J connectivity index is 2.21. The summed E-state index contributed by atoms with van der Waals surface area (Å²) in [4.78, 5) is 16.4. The summed E-state index contributed by atoms with van der Waals surface area (Å²) in [5, 5.41) is 3.03. The maximum absolute atomic E-state index is 12.0. The van der Waals surface area contributed by atoms with E-state index < -0.39 is 0 Å². The van der Waals surface area contributed by atoms with E-state index in [-0.39, 0.29) is 6.03 Å². The minimum atomic E-state index is 0.116. The molecule has 1 aliphatic rings. The van der Waals surface area contributed by atoms with Crippen LogP contribution in [0.5, 0.6) is 0 Å². The van der Waals surface area contributed by atoms with Gasteiger partial charge in [0.05, 0.1) is 0 Å². The molecule has 4 nitrogen and oxygen atoms in total. The normalized spacial score (nSPS) is 16.1. The van der Waals surface area contributed by atoms with E-state index in [1.807, 2.05) is 4.90 Å². The third kappa shape index (κ3) is 4.97. The molecule has 0 atom stereocenters. The molecule has 0 aromatic carbocycles. The molecule has 20 heavy (non-hydrogen) atoms. The fraction of sp³-hybridized carbons (Fsp3) is 0.938. The Morgan fingerprint density at radius 3 is 2.25 bits per heavy atom. The number of hydrogen-bond donors (Lipinski definition) is 1. The Bertz CT molecular complexity index is 277. The van der Waals surface area contributed by atoms with E-state index >= 15 is 0 Å². The summed E-state index contributed by atoms with van der Waals surface area (Å²) in [5.74, 6) is 0. The average molecular weight is 283 g/mol. The SMILES string of the molecule is CCCCCCNC(=O)N1CC(N(C(C)C)C(C)C)C1. The first-order chi connectivity index (χ1) is 9.47. The second-order valence-corrected chi connectivity index (χ2v) is 6.49. The quantitative estimate of drug-likeness (QED) is 0.695. The number of urea groups is 1. The number of carbonyl (C=O) groups excluding carboxylic acids is 1. The second kappa shape index (κ2) is 8.50. The summed E-state index contributed by atoms with van der Waals surface area (Å²) in [5.41, 5.74) is 0. The summed E-state index contributed by atoms with van der Waals surface area (Å²) >= 11 is 0. The first-order valence-electron chi connectivity index (χ1n) is 8.27. The Kier molecular flexibility index (Phi) is 7.35. The van der Waals surface area contributed by atoms with Crippen molar-refractivity contribution in [2.45, 2.75) is 78.4 Å². The first kappa shape index (κ1) is 17.3. The van der Waals surface area contributed by atoms with Gasteiger partial charge in [0.25, 0.3) is 0 Å². The maximum Gasteiger partial charge on any atom is 0.317 e. The Hall–Kier alpha value is -0.770. The van der Waals surface area contributed by atoms with Gasteiger partial charge in [-0.25, -0.2) is 4.79 Å². The van der Waals surface area contributed by atoms with Crippen LogP contribution in [-0.4, -0.2) is 53.6 Å². The topological polar surface area (TPSA) is 35.6 Å². The molecule has 0 radical (unpaired) electrons. The van der Waals surface area contributed by atoms with Crippen LogP contribution >= 0.6 is 0 Å². The van der Waals surface area contributed by atoms with Gasteiger partial charge in [0.1, 0.15) is 0 Å². The largest absolute Gasteiger partial charge is 0.338 e. The zero-order valence-corrected chi connectivity index (χ0v) is 14.0. The summed E-state index contributed by atoms with van der Waals surface area (Å²) in [6.45, 7) is 13.7. The van der Waals surface area contributed by atoms with Gasteiger partial charge in [-0.1, -0.05) is 26.2 Å². The lowest BCUT2D eigenvalue weighted by atomic mass is 10.0. The van der Waals surface area contributed by atoms with Gasteiger partial charge >= 0.3 is 6.03 Å². The van der Waals surface area contributed by atoms with Gasteiger partial charge in [0.15, 0.2) is 0 Å². The molecule has 1 fully saturated rings. The number of unbranched alkanes of at least 4 members (excludes halogenated alkanes) is 3. The van der Waals surface area contributed by atoms with Gasteiger partial charge in [-0.15, -0.1) is 0 Å². The highest BCUT2D eigenvalue weighted by molar-refractivity contribution is 5.75. The predicted molar refractivity (Wildman–Crippen MR) is 85.0 cm³/mol. The fourth-order valence-corrected chi connectivity index (χ4v) is 3.11. The molecule has 1 rings (SSSR count). The zero-order chi connectivity index (χ0) is 15.1. The monoisotopic (exact) mass is 283 g/mol. The van der Waals surface area contributed by atoms with Crippen LogP contribution in [0.1, 0.15) is 60.3 Å². The van der Waals surface area contributed by atoms with Gasteiger partial charge in [-0.05, 0) is 34.1 Å². The molecule has 1 saturated heterocycles. The van der Waals surface area contributed by atoms with E-state index in [9.17, 15) is 4.79 Å². The third-order valence-electron chi connectivity index (χ3n) is 4.07. The number of hydrogen-bond acceptors (Lipinski definition) is 2. The van der Waals surface area contributed by atoms with E-state index in [1.165, 1.54) is 19.3 Å². The number of rotatable bonds is 8. The fourth-order valence-electron chi connectivity index (χ4n) is 3.11. The van der Waals surface area contributed by atoms with Crippen LogP contribution in [0, 0.1) is 0 Å². The van der Waals surface area contributed by atoms with Gasteiger partial charge in [-0.3, -0.25) is 4.90 Å². The number of carbonyl (C=O) groups is 1. The molecule has 0 saturated carbocycles. The first-order valence-corrected chi connectivity index (χ1v) is 8.27. The number of likely N-dealkylation sites (tertiary alicyclic amines) is 1. The smallest absolute Gasteiger partial charge is 0.317 e. The molecule has 2 amide bonds. The van der Waals surface area contributed by atoms with Crippen LogP contribution in [0.4, 0.5) is 4.79 Å². The molecule has 0 aromatic rings. The minimum absolute atomic E-state index is 0.116. The van der Waals surface area contributed by atoms with Crippen molar-refractivity contribution in [1.29, 1.82) is 0 Å². The molecule has 4 heteroatoms. The van der Waals surface area contributed by atoms with Crippen molar-refractivity contribution in [3.8, 4) is 0 Å². The number of nitrogens with zero attached hydrogens (tertiary/aromatic N) is 2. The lowest BCUT2D eigenvalue weighted by molar-refractivity contribution is 0.0171. The standard InChI is InChI=1S/C16H33N3O/c1-6-7-8-9-10-17-16(20)18-11-15(12-18)19(13(2)3)14(4)5/h13-15H,6-12H2,1-5H3,(H,17,20). The number of nitrogens with one attached hydrogen (secondary N) is 1. The van der Waals surface area contributed by atoms with Gasteiger partial charge in [-0.2, -0.15) is 0 Å². The Morgan fingerprint density at radius 2 is 1.75 bits per heavy atom. The molecule has 0 aliphatic carbocycles. The summed E-state index contributed by atoms with van der Waals surface area (Å²) in [6, 6.07) is 1.73. The highest BCUT2D eigenvalue weighted by Gasteiger charge is 2.36. The van der Waals surface area contributed by atoms with Crippen molar-refractivity contribution in [2.24, 2.45) is 0 Å². The van der Waals surface area contributed by atoms with Crippen LogP contribution in [0.2, 0.25) is 0 Å². The van der Waals surface area contributed by atoms with Crippen LogP contribution in [0.3, 0.4) is 0 Å². The van der Waals surface area contributed by atoms with Gasteiger partial charge in [0, 0.05) is 37.8 Å². The average Bonchev–Trinajstić information content (AvgIpc) is 2.31. The lowest BCUT2D eigenvalue weighted by Gasteiger charge is -2.48. The van der Waals surface area contributed by atoms with Crippen molar-refractivity contribution in [3.63, 3.8) is 0 Å². The minimum Gasteiger partial charge on any atom is -0.338 e. The summed E-state index contributed by atoms with van der Waals surface area (Å²) in [6.07, 6.45) is 4.82. The van der Waals surface area contributed by atoms with E-state index in [4.69, 9.17) is 0 Å². The highest BCUT2D eigenvalue weighted by Crippen LogP contribution is 2.20. The molecule has 1 N–H and O–H groups in total. The third-order valence-corrected chi connectivity index (χ3v) is 4.07. The van der Waals surface area contributed by atoms with Gasteiger partial charge in [0.2, 0.25) is 0 Å². The molecular weight excluding hydrogens is 250 g/mol. The van der Waals surface area contributed by atoms with Crippen LogP contribution in [0.25, 0.3) is 0 Å². The molecule has 118 valence electrons. The van der Waals surface area contributed by atoms with E-state index in [1.54, 1.807) is 0 Å². The number of amides is 2. The maximum atomic E-state index is 12.0. The van der Waals surface area contributed by atoms with Crippen molar-refractivity contribution in [2.75, 3.05) is 19.6 Å². The molecule has 0 bridgehead atoms. The van der Waals surface area contributed by atoms with E-state index in [0.717, 1.165) is 26.1 Å². The van der Waals surface area contributed by atoms with Crippen LogP contribution in [0.15, 0.2) is 0 Å². The Labute approximate surface area is 124 Å². The van der Waals surface area contributed by atoms with Crippen molar-refractivity contribution >= 4 is 6.03 Å². The molecule has 0 spiro atoms. The summed E-state index contributed by atoms with van der Waals surface area (Å²) in [7, 11) is 0. The van der Waals surface area contributed by atoms with Crippen LogP contribution in [-0.2, 0) is 0 Å². The molecular formula is C16H33N3O. The Morgan fingerprint density at radius 1 is 1.15 bits per heavy atom.